The fourth-order valence-corrected chi connectivity index (χ4v) is 2.99. The molecule has 3 aromatic rings. The predicted octanol–water partition coefficient (Wildman–Crippen LogP) is 3.67. The van der Waals surface area contributed by atoms with Crippen LogP contribution < -0.4 is 9.47 Å². The number of aryl methyl sites for hydroxylation is 2. The number of hydrogen-bond acceptors (Lipinski definition) is 7. The average Bonchev–Trinajstić information content (AvgIpc) is 2.97. The fraction of sp³-hybridized carbons (Fsp3) is 0.333. The maximum atomic E-state index is 11.3. The zero-order valence-corrected chi connectivity index (χ0v) is 17.3. The van der Waals surface area contributed by atoms with Gasteiger partial charge in [0, 0.05) is 27.0 Å². The van der Waals surface area contributed by atoms with Crippen LogP contribution in [0.15, 0.2) is 18.2 Å². The van der Waals surface area contributed by atoms with E-state index >= 15 is 0 Å². The molecule has 0 bridgehead atoms. The minimum atomic E-state index is -0.368. The first kappa shape index (κ1) is 20.3. The van der Waals surface area contributed by atoms with Gasteiger partial charge in [-0.05, 0) is 49.6 Å². The summed E-state index contributed by atoms with van der Waals surface area (Å²) in [5.74, 6) is 1.44. The third-order valence-corrected chi connectivity index (χ3v) is 4.63. The minimum absolute atomic E-state index is 0.0769. The van der Waals surface area contributed by atoms with Gasteiger partial charge in [0.15, 0.2) is 5.65 Å². The zero-order chi connectivity index (χ0) is 21.3. The van der Waals surface area contributed by atoms with Crippen LogP contribution in [0.4, 0.5) is 0 Å². The van der Waals surface area contributed by atoms with E-state index < -0.39 is 0 Å². The molecule has 2 heterocycles. The number of imidazole rings is 1. The third kappa shape index (κ3) is 4.21. The molecular weight excluding hydrogens is 374 g/mol. The standard InChI is InChI=1S/C21H23N3O5/c1-11-9-17(12(2)13(3)20(11)28-15(5)26)29-19-8-7-16-21(23-19)24(6)18(22-16)10-27-14(4)25/h7-9H,10H2,1-6H3. The molecule has 0 aliphatic rings. The van der Waals surface area contributed by atoms with Gasteiger partial charge in [-0.25, -0.2) is 4.98 Å². The Balaban J connectivity index is 1.93. The van der Waals surface area contributed by atoms with E-state index in [2.05, 4.69) is 9.97 Å². The molecule has 8 heteroatoms. The molecule has 0 spiro atoms. The summed E-state index contributed by atoms with van der Waals surface area (Å²) in [4.78, 5) is 31.4. The Morgan fingerprint density at radius 3 is 2.41 bits per heavy atom. The van der Waals surface area contributed by atoms with Gasteiger partial charge in [0.1, 0.15) is 29.4 Å². The molecule has 0 aliphatic carbocycles. The lowest BCUT2D eigenvalue weighted by atomic mass is 10.0. The highest BCUT2D eigenvalue weighted by Crippen LogP contribution is 2.35. The van der Waals surface area contributed by atoms with Crippen molar-refractivity contribution >= 4 is 23.1 Å². The molecule has 0 radical (unpaired) electrons. The molecule has 152 valence electrons. The van der Waals surface area contributed by atoms with Gasteiger partial charge in [0.2, 0.25) is 5.88 Å². The second kappa shape index (κ2) is 7.90. The summed E-state index contributed by atoms with van der Waals surface area (Å²) in [6, 6.07) is 5.36. The van der Waals surface area contributed by atoms with Crippen LogP contribution in [-0.4, -0.2) is 26.5 Å². The van der Waals surface area contributed by atoms with Crippen molar-refractivity contribution in [2.24, 2.45) is 7.05 Å². The van der Waals surface area contributed by atoms with Crippen molar-refractivity contribution in [3.05, 3.63) is 40.7 Å². The molecule has 0 N–H and O–H groups in total. The van der Waals surface area contributed by atoms with Gasteiger partial charge in [0.05, 0.1) is 0 Å². The van der Waals surface area contributed by atoms with E-state index in [0.717, 1.165) is 16.7 Å². The van der Waals surface area contributed by atoms with Crippen LogP contribution in [0.5, 0.6) is 17.4 Å². The lowest BCUT2D eigenvalue weighted by Gasteiger charge is -2.16. The van der Waals surface area contributed by atoms with Gasteiger partial charge < -0.3 is 18.8 Å². The van der Waals surface area contributed by atoms with Crippen molar-refractivity contribution in [1.29, 1.82) is 0 Å². The summed E-state index contributed by atoms with van der Waals surface area (Å²) < 4.78 is 18.1. The van der Waals surface area contributed by atoms with Crippen molar-refractivity contribution in [2.75, 3.05) is 0 Å². The highest BCUT2D eigenvalue weighted by Gasteiger charge is 2.16. The number of pyridine rings is 1. The molecular formula is C21H23N3O5. The van der Waals surface area contributed by atoms with Gasteiger partial charge >= 0.3 is 11.9 Å². The second-order valence-corrected chi connectivity index (χ2v) is 6.83. The van der Waals surface area contributed by atoms with E-state index in [0.29, 0.717) is 34.4 Å². The number of hydrogen-bond donors (Lipinski definition) is 0. The quantitative estimate of drug-likeness (QED) is 0.479. The molecule has 0 saturated carbocycles. The van der Waals surface area contributed by atoms with Gasteiger partial charge in [-0.15, -0.1) is 0 Å². The number of carbonyl (C=O) groups excluding carboxylic acids is 2. The lowest BCUT2D eigenvalue weighted by molar-refractivity contribution is -0.142. The maximum absolute atomic E-state index is 11.3. The van der Waals surface area contributed by atoms with E-state index in [1.54, 1.807) is 23.7 Å². The summed E-state index contributed by atoms with van der Waals surface area (Å²) >= 11 is 0. The van der Waals surface area contributed by atoms with Gasteiger partial charge in [-0.1, -0.05) is 0 Å². The zero-order valence-electron chi connectivity index (χ0n) is 17.3. The molecule has 0 fully saturated rings. The lowest BCUT2D eigenvalue weighted by Crippen LogP contribution is -2.06. The van der Waals surface area contributed by atoms with Crippen LogP contribution >= 0.6 is 0 Å². The first-order chi connectivity index (χ1) is 13.7. The van der Waals surface area contributed by atoms with Gasteiger partial charge in [0.25, 0.3) is 0 Å². The smallest absolute Gasteiger partial charge is 0.308 e. The van der Waals surface area contributed by atoms with Crippen LogP contribution in [0, 0.1) is 20.8 Å². The molecule has 2 aromatic heterocycles. The molecule has 0 saturated heterocycles. The molecule has 1 aromatic carbocycles. The molecule has 3 rings (SSSR count). The molecule has 29 heavy (non-hydrogen) atoms. The first-order valence-electron chi connectivity index (χ1n) is 9.10. The normalized spacial score (nSPS) is 10.8. The molecule has 0 aliphatic heterocycles. The number of nitrogens with zero attached hydrogens (tertiary/aromatic N) is 3. The number of fused-ring (bicyclic) bond motifs is 1. The number of aromatic nitrogens is 3. The number of benzene rings is 1. The van der Waals surface area contributed by atoms with Crippen molar-refractivity contribution in [2.45, 2.75) is 41.2 Å². The monoisotopic (exact) mass is 397 g/mol. The summed E-state index contributed by atoms with van der Waals surface area (Å²) in [6.45, 7) is 8.45. The number of carbonyl (C=O) groups is 2. The molecule has 0 amide bonds. The first-order valence-corrected chi connectivity index (χ1v) is 9.10. The van der Waals surface area contributed by atoms with Crippen LogP contribution in [0.25, 0.3) is 11.2 Å². The van der Waals surface area contributed by atoms with E-state index in [-0.39, 0.29) is 18.5 Å². The van der Waals surface area contributed by atoms with Crippen LogP contribution in [-0.2, 0) is 28.0 Å². The average molecular weight is 397 g/mol. The van der Waals surface area contributed by atoms with Crippen molar-refractivity contribution in [3.8, 4) is 17.4 Å². The molecule has 0 unspecified atom stereocenters. The Morgan fingerprint density at radius 2 is 1.76 bits per heavy atom. The second-order valence-electron chi connectivity index (χ2n) is 6.83. The Morgan fingerprint density at radius 1 is 1.03 bits per heavy atom. The van der Waals surface area contributed by atoms with Gasteiger partial charge in [-0.3, -0.25) is 9.59 Å². The predicted molar refractivity (Wildman–Crippen MR) is 106 cm³/mol. The number of rotatable bonds is 5. The molecule has 8 nitrogen and oxygen atoms in total. The summed E-state index contributed by atoms with van der Waals surface area (Å²) in [5, 5.41) is 0. The van der Waals surface area contributed by atoms with E-state index in [9.17, 15) is 9.59 Å². The van der Waals surface area contributed by atoms with Crippen molar-refractivity contribution in [1.82, 2.24) is 14.5 Å². The molecule has 0 atom stereocenters. The summed E-state index contributed by atoms with van der Waals surface area (Å²) in [5.41, 5.74) is 3.78. The Hall–Kier alpha value is -3.42. The Kier molecular flexibility index (Phi) is 5.54. The SMILES string of the molecule is CC(=O)OCc1nc2ccc(Oc3cc(C)c(OC(C)=O)c(C)c3C)nc2n1C. The maximum Gasteiger partial charge on any atom is 0.308 e. The fourth-order valence-electron chi connectivity index (χ4n) is 2.99. The highest BCUT2D eigenvalue weighted by molar-refractivity contribution is 5.73. The Bertz CT molecular complexity index is 1120. The van der Waals surface area contributed by atoms with Gasteiger partial charge in [-0.2, -0.15) is 4.98 Å². The summed E-state index contributed by atoms with van der Waals surface area (Å²) in [7, 11) is 1.80. The van der Waals surface area contributed by atoms with Crippen LogP contribution in [0.3, 0.4) is 0 Å². The third-order valence-electron chi connectivity index (χ3n) is 4.63. The van der Waals surface area contributed by atoms with Crippen LogP contribution in [0.2, 0.25) is 0 Å². The summed E-state index contributed by atoms with van der Waals surface area (Å²) in [6.07, 6.45) is 0. The Labute approximate surface area is 168 Å². The minimum Gasteiger partial charge on any atom is -0.458 e. The topological polar surface area (TPSA) is 92.5 Å². The largest absolute Gasteiger partial charge is 0.458 e. The van der Waals surface area contributed by atoms with E-state index in [1.807, 2.05) is 26.8 Å². The van der Waals surface area contributed by atoms with E-state index in [4.69, 9.17) is 14.2 Å². The highest BCUT2D eigenvalue weighted by atomic mass is 16.5. The number of esters is 2. The number of ether oxygens (including phenoxy) is 3. The van der Waals surface area contributed by atoms with Crippen LogP contribution in [0.1, 0.15) is 36.4 Å². The van der Waals surface area contributed by atoms with E-state index in [1.165, 1.54) is 13.8 Å². The van der Waals surface area contributed by atoms with Crippen molar-refractivity contribution in [3.63, 3.8) is 0 Å². The van der Waals surface area contributed by atoms with Crippen molar-refractivity contribution < 1.29 is 23.8 Å².